The molecule has 1 aliphatic rings. The number of hydrogen-bond donors (Lipinski definition) is 1. The van der Waals surface area contributed by atoms with E-state index in [-0.39, 0.29) is 20.9 Å². The molecule has 1 heterocycles. The van der Waals surface area contributed by atoms with Crippen LogP contribution in [0.1, 0.15) is 21.2 Å². The van der Waals surface area contributed by atoms with Crippen molar-refractivity contribution in [2.45, 2.75) is 15.0 Å². The molecule has 120 valence electrons. The highest BCUT2D eigenvalue weighted by atomic mass is 32.2. The molecule has 1 aliphatic heterocycles. The Labute approximate surface area is 133 Å². The molecule has 0 amide bonds. The molecule has 0 bridgehead atoms. The molecule has 1 N–H and O–H groups in total. The lowest BCUT2D eigenvalue weighted by Crippen LogP contribution is -2.17. The quantitative estimate of drug-likeness (QED) is 0.901. The van der Waals surface area contributed by atoms with Gasteiger partial charge in [-0.3, -0.25) is 0 Å². The van der Waals surface area contributed by atoms with E-state index in [0.29, 0.717) is 0 Å². The van der Waals surface area contributed by atoms with E-state index in [1.165, 1.54) is 42.5 Å². The van der Waals surface area contributed by atoms with Gasteiger partial charge in [0.2, 0.25) is 0 Å². The fourth-order valence-electron chi connectivity index (χ4n) is 2.73. The van der Waals surface area contributed by atoms with Gasteiger partial charge in [0, 0.05) is 5.56 Å². The van der Waals surface area contributed by atoms with Gasteiger partial charge >= 0.3 is 5.97 Å². The van der Waals surface area contributed by atoms with Crippen molar-refractivity contribution in [3.63, 3.8) is 0 Å². The lowest BCUT2D eigenvalue weighted by molar-refractivity contribution is 0.0695. The highest BCUT2D eigenvalue weighted by Gasteiger charge is 2.45. The number of carboxylic acids is 1. The molecule has 3 rings (SSSR count). The number of hydrogen-bond acceptors (Lipinski definition) is 5. The molecule has 0 fully saturated rings. The molecular formula is C15H12O6S2. The summed E-state index contributed by atoms with van der Waals surface area (Å²) in [6.07, 6.45) is 0. The van der Waals surface area contributed by atoms with Gasteiger partial charge in [-0.25, -0.2) is 21.6 Å². The largest absolute Gasteiger partial charge is 0.478 e. The summed E-state index contributed by atoms with van der Waals surface area (Å²) in [6, 6.07) is 11.2. The summed E-state index contributed by atoms with van der Waals surface area (Å²) in [5, 5.41) is 7.86. The predicted molar refractivity (Wildman–Crippen MR) is 81.8 cm³/mol. The van der Waals surface area contributed by atoms with Crippen molar-refractivity contribution < 1.29 is 26.7 Å². The normalized spacial score (nSPS) is 19.2. The van der Waals surface area contributed by atoms with Crippen molar-refractivity contribution in [1.82, 2.24) is 0 Å². The standard InChI is InChI=1S/C15H12O6S2/c16-15(17)11-7-4-8-12-14(11)13(9-22(12,18)19)23(20,21)10-5-2-1-3-6-10/h1-8,13H,9H2,(H,16,17). The Bertz CT molecular complexity index is 992. The molecule has 0 spiro atoms. The van der Waals surface area contributed by atoms with Gasteiger partial charge in [-0.15, -0.1) is 0 Å². The zero-order chi connectivity index (χ0) is 16.8. The third-order valence-electron chi connectivity index (χ3n) is 3.77. The average molecular weight is 352 g/mol. The number of benzene rings is 2. The van der Waals surface area contributed by atoms with Crippen LogP contribution in [0, 0.1) is 0 Å². The van der Waals surface area contributed by atoms with Crippen molar-refractivity contribution in [2.24, 2.45) is 0 Å². The fraction of sp³-hybridized carbons (Fsp3) is 0.133. The Morgan fingerprint density at radius 1 is 1.04 bits per heavy atom. The highest BCUT2D eigenvalue weighted by Crippen LogP contribution is 2.42. The summed E-state index contributed by atoms with van der Waals surface area (Å²) in [7, 11) is -7.87. The van der Waals surface area contributed by atoms with Gasteiger partial charge in [0.15, 0.2) is 19.7 Å². The van der Waals surface area contributed by atoms with E-state index in [0.717, 1.165) is 0 Å². The molecule has 0 saturated carbocycles. The second-order valence-corrected chi connectivity index (χ2v) is 9.28. The van der Waals surface area contributed by atoms with Crippen molar-refractivity contribution in [1.29, 1.82) is 0 Å². The minimum Gasteiger partial charge on any atom is -0.478 e. The Hall–Kier alpha value is -2.19. The van der Waals surface area contributed by atoms with Crippen molar-refractivity contribution in [2.75, 3.05) is 5.75 Å². The number of carbonyl (C=O) groups is 1. The first-order chi connectivity index (χ1) is 10.7. The maximum atomic E-state index is 12.8. The van der Waals surface area contributed by atoms with E-state index in [9.17, 15) is 26.7 Å². The number of fused-ring (bicyclic) bond motifs is 1. The Kier molecular flexibility index (Phi) is 3.53. The molecule has 0 saturated heterocycles. The van der Waals surface area contributed by atoms with Crippen LogP contribution in [0.2, 0.25) is 0 Å². The van der Waals surface area contributed by atoms with Crippen LogP contribution < -0.4 is 0 Å². The number of sulfone groups is 2. The minimum absolute atomic E-state index is 0.0340. The zero-order valence-corrected chi connectivity index (χ0v) is 13.3. The average Bonchev–Trinajstić information content (AvgIpc) is 2.80. The lowest BCUT2D eigenvalue weighted by atomic mass is 10.1. The third-order valence-corrected chi connectivity index (χ3v) is 7.86. The second-order valence-electron chi connectivity index (χ2n) is 5.15. The summed E-state index contributed by atoms with van der Waals surface area (Å²) in [5.41, 5.74) is -0.447. The lowest BCUT2D eigenvalue weighted by Gasteiger charge is -2.13. The first kappa shape index (κ1) is 15.7. The first-order valence-corrected chi connectivity index (χ1v) is 9.83. The van der Waals surface area contributed by atoms with Gasteiger partial charge in [-0.05, 0) is 24.3 Å². The van der Waals surface area contributed by atoms with E-state index in [4.69, 9.17) is 0 Å². The molecule has 23 heavy (non-hydrogen) atoms. The van der Waals surface area contributed by atoms with E-state index in [2.05, 4.69) is 0 Å². The monoisotopic (exact) mass is 352 g/mol. The predicted octanol–water partition coefficient (Wildman–Crippen LogP) is 1.69. The molecule has 2 aromatic carbocycles. The molecular weight excluding hydrogens is 340 g/mol. The van der Waals surface area contributed by atoms with Crippen LogP contribution in [-0.2, 0) is 19.7 Å². The second kappa shape index (κ2) is 5.17. The van der Waals surface area contributed by atoms with E-state index >= 15 is 0 Å². The van der Waals surface area contributed by atoms with Crippen molar-refractivity contribution >= 4 is 25.6 Å². The van der Waals surface area contributed by atoms with Crippen LogP contribution in [-0.4, -0.2) is 33.7 Å². The van der Waals surface area contributed by atoms with Crippen molar-refractivity contribution in [3.8, 4) is 0 Å². The Morgan fingerprint density at radius 2 is 1.70 bits per heavy atom. The summed E-state index contributed by atoms with van der Waals surface area (Å²) in [6.45, 7) is 0. The molecule has 0 aromatic heterocycles. The van der Waals surface area contributed by atoms with Gasteiger partial charge in [-0.1, -0.05) is 24.3 Å². The summed E-state index contributed by atoms with van der Waals surface area (Å²) in [5.74, 6) is -2.00. The van der Waals surface area contributed by atoms with E-state index < -0.39 is 36.6 Å². The highest BCUT2D eigenvalue weighted by molar-refractivity contribution is 7.96. The molecule has 2 aromatic rings. The summed E-state index contributed by atoms with van der Waals surface area (Å²) in [4.78, 5) is 11.1. The van der Waals surface area contributed by atoms with Crippen molar-refractivity contribution in [3.05, 3.63) is 59.7 Å². The molecule has 8 heteroatoms. The van der Waals surface area contributed by atoms with Gasteiger partial charge in [0.05, 0.1) is 21.1 Å². The van der Waals surface area contributed by atoms with Gasteiger partial charge in [0.1, 0.15) is 5.25 Å². The maximum absolute atomic E-state index is 12.8. The van der Waals surface area contributed by atoms with Crippen LogP contribution in [0.5, 0.6) is 0 Å². The fourth-order valence-corrected chi connectivity index (χ4v) is 7.10. The Morgan fingerprint density at radius 3 is 2.30 bits per heavy atom. The van der Waals surface area contributed by atoms with Crippen LogP contribution in [0.4, 0.5) is 0 Å². The summed E-state index contributed by atoms with van der Waals surface area (Å²) >= 11 is 0. The van der Waals surface area contributed by atoms with E-state index in [1.54, 1.807) is 6.07 Å². The molecule has 0 aliphatic carbocycles. The number of rotatable bonds is 3. The number of carboxylic acid groups (broad SMARTS) is 1. The molecule has 1 atom stereocenters. The van der Waals surface area contributed by atoms with Crippen LogP contribution >= 0.6 is 0 Å². The number of aromatic carboxylic acids is 1. The smallest absolute Gasteiger partial charge is 0.336 e. The molecule has 0 radical (unpaired) electrons. The summed E-state index contributed by atoms with van der Waals surface area (Å²) < 4.78 is 50.1. The zero-order valence-electron chi connectivity index (χ0n) is 11.7. The Balaban J connectivity index is 2.29. The molecule has 1 unspecified atom stereocenters. The SMILES string of the molecule is O=C(O)c1cccc2c1C(S(=O)(=O)c1ccccc1)CS2(=O)=O. The van der Waals surface area contributed by atoms with Gasteiger partial charge < -0.3 is 5.11 Å². The van der Waals surface area contributed by atoms with E-state index in [1.807, 2.05) is 0 Å². The minimum atomic E-state index is -4.02. The topological polar surface area (TPSA) is 106 Å². The maximum Gasteiger partial charge on any atom is 0.336 e. The van der Waals surface area contributed by atoms with Gasteiger partial charge in [0.25, 0.3) is 0 Å². The third kappa shape index (κ3) is 2.43. The van der Waals surface area contributed by atoms with Crippen LogP contribution in [0.15, 0.2) is 58.3 Å². The molecule has 6 nitrogen and oxygen atoms in total. The van der Waals surface area contributed by atoms with Gasteiger partial charge in [-0.2, -0.15) is 0 Å². The first-order valence-electron chi connectivity index (χ1n) is 6.63. The van der Waals surface area contributed by atoms with Crippen LogP contribution in [0.25, 0.3) is 0 Å². The van der Waals surface area contributed by atoms with Crippen LogP contribution in [0.3, 0.4) is 0 Å².